The van der Waals surface area contributed by atoms with E-state index in [9.17, 15) is 4.79 Å². The maximum absolute atomic E-state index is 12.1. The largest absolute Gasteiger partial charge is 0.354 e. The van der Waals surface area contributed by atoms with Crippen LogP contribution in [0, 0.1) is 6.92 Å². The van der Waals surface area contributed by atoms with Crippen LogP contribution in [0.1, 0.15) is 37.8 Å². The highest BCUT2D eigenvalue weighted by Crippen LogP contribution is 2.28. The Morgan fingerprint density at radius 1 is 1.50 bits per heavy atom. The van der Waals surface area contributed by atoms with Gasteiger partial charge in [-0.1, -0.05) is 35.8 Å². The molecule has 110 valence electrons. The molecule has 1 unspecified atom stereocenters. The van der Waals surface area contributed by atoms with Crippen molar-refractivity contribution in [2.75, 3.05) is 13.1 Å². The van der Waals surface area contributed by atoms with Crippen molar-refractivity contribution in [3.63, 3.8) is 0 Å². The van der Waals surface area contributed by atoms with Crippen molar-refractivity contribution in [1.82, 2.24) is 10.6 Å². The Bertz CT molecular complexity index is 493. The molecule has 1 amide bonds. The molecule has 1 heterocycles. The summed E-state index contributed by atoms with van der Waals surface area (Å²) in [6.07, 6.45) is 2.04. The quantitative estimate of drug-likeness (QED) is 0.886. The lowest BCUT2D eigenvalue weighted by Gasteiger charge is -2.28. The first-order valence-electron chi connectivity index (χ1n) is 7.18. The van der Waals surface area contributed by atoms with E-state index in [-0.39, 0.29) is 17.4 Å². The molecular weight excluding hydrogens is 316 g/mol. The maximum Gasteiger partial charge on any atom is 0.237 e. The molecule has 2 N–H and O–H groups in total. The summed E-state index contributed by atoms with van der Waals surface area (Å²) in [6, 6.07) is 6.31. The van der Waals surface area contributed by atoms with Crippen molar-refractivity contribution < 1.29 is 4.79 Å². The number of hydrogen-bond donors (Lipinski definition) is 2. The van der Waals surface area contributed by atoms with Crippen molar-refractivity contribution in [3.05, 3.63) is 33.8 Å². The Labute approximate surface area is 129 Å². The van der Waals surface area contributed by atoms with Gasteiger partial charge in [-0.05, 0) is 49.6 Å². The van der Waals surface area contributed by atoms with Crippen LogP contribution in [0.4, 0.5) is 0 Å². The Balaban J connectivity index is 2.03. The number of rotatable bonds is 4. The number of carbonyl (C=O) groups excluding carboxylic acids is 1. The van der Waals surface area contributed by atoms with Crippen LogP contribution in [-0.4, -0.2) is 25.0 Å². The van der Waals surface area contributed by atoms with Gasteiger partial charge in [0.2, 0.25) is 5.91 Å². The van der Waals surface area contributed by atoms with E-state index in [0.717, 1.165) is 23.9 Å². The van der Waals surface area contributed by atoms with Crippen LogP contribution < -0.4 is 10.6 Å². The van der Waals surface area contributed by atoms with Crippen LogP contribution in [0.5, 0.6) is 0 Å². The summed E-state index contributed by atoms with van der Waals surface area (Å²) in [5.74, 6) is 0.128. The summed E-state index contributed by atoms with van der Waals surface area (Å²) < 4.78 is 1.08. The molecule has 0 spiro atoms. The first-order valence-corrected chi connectivity index (χ1v) is 7.97. The predicted octanol–water partition coefficient (Wildman–Crippen LogP) is 2.90. The molecule has 1 aliphatic rings. The monoisotopic (exact) mass is 338 g/mol. The summed E-state index contributed by atoms with van der Waals surface area (Å²) in [6.45, 7) is 8.06. The molecule has 0 aromatic heterocycles. The molecule has 0 saturated carbocycles. The van der Waals surface area contributed by atoms with Gasteiger partial charge in [0.25, 0.3) is 0 Å². The van der Waals surface area contributed by atoms with Crippen molar-refractivity contribution in [1.29, 1.82) is 0 Å². The van der Waals surface area contributed by atoms with Crippen molar-refractivity contribution in [2.45, 2.75) is 45.1 Å². The van der Waals surface area contributed by atoms with Gasteiger partial charge in [0.1, 0.15) is 0 Å². The molecule has 3 nitrogen and oxygen atoms in total. The van der Waals surface area contributed by atoms with E-state index in [0.29, 0.717) is 6.54 Å². The van der Waals surface area contributed by atoms with Crippen LogP contribution in [0.15, 0.2) is 22.7 Å². The van der Waals surface area contributed by atoms with E-state index < -0.39 is 0 Å². The Morgan fingerprint density at radius 2 is 2.25 bits per heavy atom. The van der Waals surface area contributed by atoms with E-state index in [2.05, 4.69) is 65.5 Å². The SMILES string of the molecule is Cc1ccc(Br)cc1C(C)(C)CNC(=O)C1CCCN1. The van der Waals surface area contributed by atoms with Crippen LogP contribution in [0.3, 0.4) is 0 Å². The molecule has 1 saturated heterocycles. The normalized spacial score (nSPS) is 19.1. The highest BCUT2D eigenvalue weighted by atomic mass is 79.9. The Hall–Kier alpha value is -0.870. The molecule has 1 fully saturated rings. The second kappa shape index (κ2) is 6.27. The standard InChI is InChI=1S/C16H23BrN2O/c1-11-6-7-12(17)9-13(11)16(2,3)10-19-15(20)14-5-4-8-18-14/h6-7,9,14,18H,4-5,8,10H2,1-3H3,(H,19,20). The molecule has 0 aliphatic carbocycles. The highest BCUT2D eigenvalue weighted by molar-refractivity contribution is 9.10. The zero-order valence-electron chi connectivity index (χ0n) is 12.4. The van der Waals surface area contributed by atoms with Gasteiger partial charge in [0.05, 0.1) is 6.04 Å². The average molecular weight is 339 g/mol. The minimum Gasteiger partial charge on any atom is -0.354 e. The van der Waals surface area contributed by atoms with Crippen LogP contribution in [0.2, 0.25) is 0 Å². The second-order valence-electron chi connectivity index (χ2n) is 6.21. The average Bonchev–Trinajstić information content (AvgIpc) is 2.93. The molecule has 1 atom stereocenters. The molecule has 0 radical (unpaired) electrons. The molecule has 1 aromatic carbocycles. The fraction of sp³-hybridized carbons (Fsp3) is 0.562. The summed E-state index contributed by atoms with van der Waals surface area (Å²) in [5.41, 5.74) is 2.44. The van der Waals surface area contributed by atoms with Crippen molar-refractivity contribution in [2.24, 2.45) is 0 Å². The molecule has 1 aromatic rings. The van der Waals surface area contributed by atoms with E-state index in [1.165, 1.54) is 11.1 Å². The first-order chi connectivity index (χ1) is 9.40. The van der Waals surface area contributed by atoms with Gasteiger partial charge in [-0.2, -0.15) is 0 Å². The fourth-order valence-electron chi connectivity index (χ4n) is 2.76. The summed E-state index contributed by atoms with van der Waals surface area (Å²) >= 11 is 3.53. The number of amides is 1. The number of hydrogen-bond acceptors (Lipinski definition) is 2. The second-order valence-corrected chi connectivity index (χ2v) is 7.13. The van der Waals surface area contributed by atoms with Crippen LogP contribution in [-0.2, 0) is 10.2 Å². The fourth-order valence-corrected chi connectivity index (χ4v) is 3.12. The third-order valence-electron chi connectivity index (χ3n) is 4.01. The van der Waals surface area contributed by atoms with E-state index in [1.54, 1.807) is 0 Å². The maximum atomic E-state index is 12.1. The predicted molar refractivity (Wildman–Crippen MR) is 85.9 cm³/mol. The minimum atomic E-state index is -0.0812. The zero-order valence-corrected chi connectivity index (χ0v) is 14.0. The van der Waals surface area contributed by atoms with Crippen molar-refractivity contribution in [3.8, 4) is 0 Å². The molecule has 1 aliphatic heterocycles. The Morgan fingerprint density at radius 3 is 2.90 bits per heavy atom. The van der Waals surface area contributed by atoms with Gasteiger partial charge in [-0.15, -0.1) is 0 Å². The highest BCUT2D eigenvalue weighted by Gasteiger charge is 2.27. The number of benzene rings is 1. The van der Waals surface area contributed by atoms with Gasteiger partial charge in [0, 0.05) is 16.4 Å². The zero-order chi connectivity index (χ0) is 14.8. The topological polar surface area (TPSA) is 41.1 Å². The van der Waals surface area contributed by atoms with Gasteiger partial charge in [0.15, 0.2) is 0 Å². The molecule has 0 bridgehead atoms. The number of carbonyl (C=O) groups is 1. The van der Waals surface area contributed by atoms with Crippen LogP contribution in [0.25, 0.3) is 0 Å². The lowest BCUT2D eigenvalue weighted by Crippen LogP contribution is -2.45. The van der Waals surface area contributed by atoms with Gasteiger partial charge in [-0.3, -0.25) is 4.79 Å². The van der Waals surface area contributed by atoms with Gasteiger partial charge in [-0.25, -0.2) is 0 Å². The van der Waals surface area contributed by atoms with Gasteiger partial charge >= 0.3 is 0 Å². The number of aryl methyl sites for hydroxylation is 1. The number of halogens is 1. The van der Waals surface area contributed by atoms with Crippen LogP contribution >= 0.6 is 15.9 Å². The van der Waals surface area contributed by atoms with Gasteiger partial charge < -0.3 is 10.6 Å². The number of nitrogens with one attached hydrogen (secondary N) is 2. The lowest BCUT2D eigenvalue weighted by atomic mass is 9.82. The molecule has 2 rings (SSSR count). The minimum absolute atomic E-state index is 0.00518. The molecular formula is C16H23BrN2O. The third kappa shape index (κ3) is 3.61. The smallest absolute Gasteiger partial charge is 0.237 e. The van der Waals surface area contributed by atoms with E-state index in [4.69, 9.17) is 0 Å². The molecule has 20 heavy (non-hydrogen) atoms. The summed E-state index contributed by atoms with van der Waals surface area (Å²) in [4.78, 5) is 12.1. The summed E-state index contributed by atoms with van der Waals surface area (Å²) in [5, 5.41) is 6.33. The first kappa shape index (κ1) is 15.5. The Kier molecular flexibility index (Phi) is 4.86. The molecule has 4 heteroatoms. The van der Waals surface area contributed by atoms with Crippen molar-refractivity contribution >= 4 is 21.8 Å². The summed E-state index contributed by atoms with van der Waals surface area (Å²) in [7, 11) is 0. The van der Waals surface area contributed by atoms with E-state index >= 15 is 0 Å². The third-order valence-corrected chi connectivity index (χ3v) is 4.50. The lowest BCUT2D eigenvalue weighted by molar-refractivity contribution is -0.123. The van der Waals surface area contributed by atoms with E-state index in [1.807, 2.05) is 0 Å².